The van der Waals surface area contributed by atoms with E-state index in [1.54, 1.807) is 0 Å². The molecule has 40 heavy (non-hydrogen) atoms. The molecule has 6 nitrogen and oxygen atoms in total. The van der Waals surface area contributed by atoms with Crippen molar-refractivity contribution in [3.63, 3.8) is 0 Å². The molecule has 0 aliphatic heterocycles. The minimum Gasteiger partial charge on any atom is -0.481 e. The van der Waals surface area contributed by atoms with Gasteiger partial charge in [0.2, 0.25) is 5.91 Å². The molecule has 0 spiro atoms. The van der Waals surface area contributed by atoms with E-state index < -0.39 is 24.4 Å². The quantitative estimate of drug-likeness (QED) is 0.0665. The van der Waals surface area contributed by atoms with Gasteiger partial charge in [-0.1, -0.05) is 143 Å². The highest BCUT2D eigenvalue weighted by atomic mass is 16.5. The molecule has 1 unspecified atom stereocenters. The van der Waals surface area contributed by atoms with Gasteiger partial charge in [0.05, 0.1) is 6.42 Å². The molecule has 0 aromatic carbocycles. The summed E-state index contributed by atoms with van der Waals surface area (Å²) in [4.78, 5) is 37.0. The molecule has 0 bridgehead atoms. The Labute approximate surface area is 247 Å². The van der Waals surface area contributed by atoms with Crippen molar-refractivity contribution in [3.05, 3.63) is 0 Å². The fraction of sp³-hybridized carbons (Fsp3) is 0.912. The SMILES string of the molecule is CCCCCCCCCCCCCC(=O)N[C@@H](CC(=O)O)C(=O)OC(CCCCCC)CCCCCCCCC. The van der Waals surface area contributed by atoms with Gasteiger partial charge in [-0.3, -0.25) is 9.59 Å². The molecule has 0 aromatic rings. The Morgan fingerprint density at radius 1 is 0.575 bits per heavy atom. The van der Waals surface area contributed by atoms with Crippen LogP contribution in [0, 0.1) is 0 Å². The molecule has 0 saturated heterocycles. The van der Waals surface area contributed by atoms with E-state index in [-0.39, 0.29) is 12.0 Å². The average molecular weight is 568 g/mol. The lowest BCUT2D eigenvalue weighted by molar-refractivity contribution is -0.156. The Balaban J connectivity index is 4.50. The number of carbonyl (C=O) groups is 3. The summed E-state index contributed by atoms with van der Waals surface area (Å²) >= 11 is 0. The molecular weight excluding hydrogens is 502 g/mol. The number of hydrogen-bond donors (Lipinski definition) is 2. The van der Waals surface area contributed by atoms with Crippen LogP contribution in [0.5, 0.6) is 0 Å². The molecule has 0 aliphatic carbocycles. The van der Waals surface area contributed by atoms with E-state index in [4.69, 9.17) is 4.74 Å². The van der Waals surface area contributed by atoms with Crippen LogP contribution < -0.4 is 5.32 Å². The molecule has 0 fully saturated rings. The Kier molecular flexibility index (Phi) is 27.8. The highest BCUT2D eigenvalue weighted by molar-refractivity contribution is 5.87. The van der Waals surface area contributed by atoms with Crippen LogP contribution in [0.1, 0.15) is 188 Å². The van der Waals surface area contributed by atoms with Crippen molar-refractivity contribution in [2.75, 3.05) is 0 Å². The van der Waals surface area contributed by atoms with Gasteiger partial charge in [-0.25, -0.2) is 4.79 Å². The van der Waals surface area contributed by atoms with Gasteiger partial charge in [-0.2, -0.15) is 0 Å². The summed E-state index contributed by atoms with van der Waals surface area (Å²) in [5, 5.41) is 12.0. The summed E-state index contributed by atoms with van der Waals surface area (Å²) in [5.41, 5.74) is 0. The normalized spacial score (nSPS) is 12.7. The van der Waals surface area contributed by atoms with Gasteiger partial charge in [0.15, 0.2) is 0 Å². The lowest BCUT2D eigenvalue weighted by Gasteiger charge is -2.22. The average Bonchev–Trinajstić information content (AvgIpc) is 2.92. The van der Waals surface area contributed by atoms with Gasteiger partial charge >= 0.3 is 11.9 Å². The van der Waals surface area contributed by atoms with Gasteiger partial charge in [0.25, 0.3) is 0 Å². The number of nitrogens with one attached hydrogen (secondary N) is 1. The van der Waals surface area contributed by atoms with Crippen molar-refractivity contribution in [1.29, 1.82) is 0 Å². The lowest BCUT2D eigenvalue weighted by atomic mass is 10.0. The molecule has 6 heteroatoms. The van der Waals surface area contributed by atoms with Crippen LogP contribution >= 0.6 is 0 Å². The van der Waals surface area contributed by atoms with Crippen molar-refractivity contribution in [3.8, 4) is 0 Å². The predicted molar refractivity (Wildman–Crippen MR) is 167 cm³/mol. The number of ether oxygens (including phenoxy) is 1. The second kappa shape index (κ2) is 28.9. The lowest BCUT2D eigenvalue weighted by Crippen LogP contribution is -2.44. The van der Waals surface area contributed by atoms with Crippen molar-refractivity contribution in [2.45, 2.75) is 200 Å². The molecule has 0 aromatic heterocycles. The van der Waals surface area contributed by atoms with Crippen LogP contribution in [-0.4, -0.2) is 35.1 Å². The second-order valence-corrected chi connectivity index (χ2v) is 11.8. The highest BCUT2D eigenvalue weighted by Crippen LogP contribution is 2.18. The fourth-order valence-corrected chi connectivity index (χ4v) is 5.22. The number of aliphatic carboxylic acids is 1. The number of carbonyl (C=O) groups excluding carboxylic acids is 2. The zero-order valence-electron chi connectivity index (χ0n) is 26.6. The van der Waals surface area contributed by atoms with E-state index in [0.717, 1.165) is 70.6 Å². The summed E-state index contributed by atoms with van der Waals surface area (Å²) in [5.74, 6) is -1.97. The molecule has 0 saturated carbocycles. The zero-order valence-corrected chi connectivity index (χ0v) is 26.6. The number of amides is 1. The van der Waals surface area contributed by atoms with Gasteiger partial charge < -0.3 is 15.2 Å². The third-order valence-corrected chi connectivity index (χ3v) is 7.80. The predicted octanol–water partition coefficient (Wildman–Crippen LogP) is 9.67. The van der Waals surface area contributed by atoms with Gasteiger partial charge in [0, 0.05) is 6.42 Å². The Bertz CT molecular complexity index is 609. The molecule has 0 rings (SSSR count). The molecule has 1 amide bonds. The van der Waals surface area contributed by atoms with Crippen LogP contribution in [0.2, 0.25) is 0 Å². The monoisotopic (exact) mass is 567 g/mol. The maximum Gasteiger partial charge on any atom is 0.329 e. The topological polar surface area (TPSA) is 92.7 Å². The summed E-state index contributed by atoms with van der Waals surface area (Å²) in [6, 6.07) is -1.12. The highest BCUT2D eigenvalue weighted by Gasteiger charge is 2.27. The first-order chi connectivity index (χ1) is 19.4. The van der Waals surface area contributed by atoms with Crippen molar-refractivity contribution in [1.82, 2.24) is 5.32 Å². The number of carboxylic acid groups (broad SMARTS) is 1. The number of carboxylic acids is 1. The molecule has 236 valence electrons. The van der Waals surface area contributed by atoms with E-state index in [1.165, 1.54) is 83.5 Å². The fourth-order valence-electron chi connectivity index (χ4n) is 5.22. The van der Waals surface area contributed by atoms with Crippen molar-refractivity contribution >= 4 is 17.8 Å². The van der Waals surface area contributed by atoms with E-state index in [2.05, 4.69) is 26.1 Å². The minimum atomic E-state index is -1.12. The Morgan fingerprint density at radius 2 is 0.950 bits per heavy atom. The molecule has 2 atom stereocenters. The summed E-state index contributed by atoms with van der Waals surface area (Å²) in [7, 11) is 0. The summed E-state index contributed by atoms with van der Waals surface area (Å²) in [6.45, 7) is 6.63. The zero-order chi connectivity index (χ0) is 29.7. The summed E-state index contributed by atoms with van der Waals surface area (Å²) in [6.07, 6.45) is 27.3. The first-order valence-corrected chi connectivity index (χ1v) is 17.2. The Morgan fingerprint density at radius 3 is 1.38 bits per heavy atom. The van der Waals surface area contributed by atoms with E-state index in [1.807, 2.05) is 0 Å². The van der Waals surface area contributed by atoms with Crippen LogP contribution in [-0.2, 0) is 19.1 Å². The first-order valence-electron chi connectivity index (χ1n) is 17.2. The largest absolute Gasteiger partial charge is 0.481 e. The maximum atomic E-state index is 13.0. The molecule has 0 aliphatic rings. The molecule has 2 N–H and O–H groups in total. The molecule has 0 heterocycles. The van der Waals surface area contributed by atoms with Gasteiger partial charge in [-0.15, -0.1) is 0 Å². The maximum absolute atomic E-state index is 13.0. The minimum absolute atomic E-state index is 0.208. The number of rotatable bonds is 30. The summed E-state index contributed by atoms with van der Waals surface area (Å²) < 4.78 is 5.83. The van der Waals surface area contributed by atoms with Gasteiger partial charge in [-0.05, 0) is 32.1 Å². The van der Waals surface area contributed by atoms with Crippen molar-refractivity contribution in [2.24, 2.45) is 0 Å². The van der Waals surface area contributed by atoms with E-state index >= 15 is 0 Å². The number of unbranched alkanes of at least 4 members (excludes halogenated alkanes) is 19. The van der Waals surface area contributed by atoms with Gasteiger partial charge in [0.1, 0.15) is 12.1 Å². The smallest absolute Gasteiger partial charge is 0.329 e. The number of hydrogen-bond acceptors (Lipinski definition) is 4. The van der Waals surface area contributed by atoms with Crippen LogP contribution in [0.25, 0.3) is 0 Å². The van der Waals surface area contributed by atoms with Crippen molar-refractivity contribution < 1.29 is 24.2 Å². The number of esters is 1. The van der Waals surface area contributed by atoms with Crippen LogP contribution in [0.4, 0.5) is 0 Å². The van der Waals surface area contributed by atoms with E-state index in [9.17, 15) is 19.5 Å². The van der Waals surface area contributed by atoms with Crippen LogP contribution in [0.3, 0.4) is 0 Å². The first kappa shape index (κ1) is 38.4. The third-order valence-electron chi connectivity index (χ3n) is 7.80. The third kappa shape index (κ3) is 25.4. The Hall–Kier alpha value is -1.59. The van der Waals surface area contributed by atoms with Crippen LogP contribution in [0.15, 0.2) is 0 Å². The standard InChI is InChI=1S/C34H65NO5/c1-4-7-10-13-15-16-17-18-20-22-25-28-32(36)35-31(29-33(37)38)34(39)40-30(26-23-12-9-6-3)27-24-21-19-14-11-8-5-2/h30-31H,4-29H2,1-3H3,(H,35,36)(H,37,38)/t30?,31-/m0/s1. The van der Waals surface area contributed by atoms with E-state index in [0.29, 0.717) is 6.42 Å². The molecular formula is C34H65NO5. The molecule has 0 radical (unpaired) electrons. The second-order valence-electron chi connectivity index (χ2n) is 11.8.